The van der Waals surface area contributed by atoms with E-state index in [0.29, 0.717) is 13.1 Å². The minimum atomic E-state index is -0.235. The molecule has 0 fully saturated rings. The first-order valence-electron chi connectivity index (χ1n) is 4.61. The molecule has 0 bridgehead atoms. The van der Waals surface area contributed by atoms with E-state index in [-0.39, 0.29) is 5.82 Å². The average Bonchev–Trinajstić information content (AvgIpc) is 2.69. The lowest BCUT2D eigenvalue weighted by Crippen LogP contribution is -2.08. The lowest BCUT2D eigenvalue weighted by Gasteiger charge is -2.04. The highest BCUT2D eigenvalue weighted by molar-refractivity contribution is 5.16. The first kappa shape index (κ1) is 9.79. The highest BCUT2D eigenvalue weighted by Crippen LogP contribution is 2.06. The van der Waals surface area contributed by atoms with Crippen LogP contribution in [0.1, 0.15) is 11.4 Å². The van der Waals surface area contributed by atoms with Gasteiger partial charge in [-0.1, -0.05) is 12.1 Å². The van der Waals surface area contributed by atoms with Crippen molar-refractivity contribution >= 4 is 0 Å². The molecule has 2 rings (SSSR count). The predicted molar refractivity (Wildman–Crippen MR) is 53.4 cm³/mol. The molecule has 0 amide bonds. The Balaban J connectivity index is 2.18. The lowest BCUT2D eigenvalue weighted by atomic mass is 10.2. The second-order valence-corrected chi connectivity index (χ2v) is 3.21. The van der Waals surface area contributed by atoms with Crippen LogP contribution in [0.2, 0.25) is 0 Å². The van der Waals surface area contributed by atoms with Crippen LogP contribution in [0.3, 0.4) is 0 Å². The quantitative estimate of drug-likeness (QED) is 0.812. The van der Waals surface area contributed by atoms with E-state index in [4.69, 9.17) is 5.73 Å². The van der Waals surface area contributed by atoms with E-state index in [1.165, 1.54) is 12.1 Å². The number of aromatic nitrogens is 3. The second kappa shape index (κ2) is 4.18. The van der Waals surface area contributed by atoms with Gasteiger partial charge in [-0.2, -0.15) is 0 Å². The number of benzene rings is 1. The molecule has 2 N–H and O–H groups in total. The number of hydrogen-bond donors (Lipinski definition) is 1. The van der Waals surface area contributed by atoms with Crippen LogP contribution in [0.5, 0.6) is 0 Å². The van der Waals surface area contributed by atoms with Crippen LogP contribution in [0.15, 0.2) is 30.6 Å². The van der Waals surface area contributed by atoms with Crippen LogP contribution >= 0.6 is 0 Å². The van der Waals surface area contributed by atoms with Gasteiger partial charge in [0.25, 0.3) is 0 Å². The molecular formula is C10H11FN4. The summed E-state index contributed by atoms with van der Waals surface area (Å²) in [5.41, 5.74) is 6.48. The van der Waals surface area contributed by atoms with Gasteiger partial charge in [-0.15, -0.1) is 10.2 Å². The molecule has 0 spiro atoms. The Kier molecular flexibility index (Phi) is 2.73. The molecule has 0 saturated carbocycles. The summed E-state index contributed by atoms with van der Waals surface area (Å²) < 4.78 is 14.5. The fraction of sp³-hybridized carbons (Fsp3) is 0.200. The molecule has 4 nitrogen and oxygen atoms in total. The van der Waals surface area contributed by atoms with Crippen LogP contribution in [0.25, 0.3) is 0 Å². The molecule has 2 aromatic rings. The van der Waals surface area contributed by atoms with Gasteiger partial charge >= 0.3 is 0 Å². The summed E-state index contributed by atoms with van der Waals surface area (Å²) in [4.78, 5) is 0. The van der Waals surface area contributed by atoms with Crippen LogP contribution in [-0.4, -0.2) is 14.8 Å². The van der Waals surface area contributed by atoms with E-state index < -0.39 is 0 Å². The summed E-state index contributed by atoms with van der Waals surface area (Å²) in [6, 6.07) is 6.33. The Morgan fingerprint density at radius 3 is 2.67 bits per heavy atom. The smallest absolute Gasteiger partial charge is 0.146 e. The van der Waals surface area contributed by atoms with Crippen molar-refractivity contribution in [1.29, 1.82) is 0 Å². The first-order chi connectivity index (χ1) is 7.29. The molecule has 1 aromatic heterocycles. The van der Waals surface area contributed by atoms with E-state index in [0.717, 1.165) is 11.4 Å². The second-order valence-electron chi connectivity index (χ2n) is 3.21. The Labute approximate surface area is 86.6 Å². The zero-order valence-electron chi connectivity index (χ0n) is 8.10. The largest absolute Gasteiger partial charge is 0.324 e. The number of halogens is 1. The van der Waals surface area contributed by atoms with Crippen molar-refractivity contribution in [2.24, 2.45) is 5.73 Å². The molecule has 78 valence electrons. The summed E-state index contributed by atoms with van der Waals surface area (Å²) in [5, 5.41) is 7.63. The average molecular weight is 206 g/mol. The van der Waals surface area contributed by atoms with Gasteiger partial charge in [-0.05, 0) is 17.7 Å². The topological polar surface area (TPSA) is 56.7 Å². The lowest BCUT2D eigenvalue weighted by molar-refractivity contribution is 0.625. The molecule has 1 aromatic carbocycles. The fourth-order valence-electron chi connectivity index (χ4n) is 1.36. The predicted octanol–water partition coefficient (Wildman–Crippen LogP) is 0.924. The van der Waals surface area contributed by atoms with Gasteiger partial charge in [-0.25, -0.2) is 4.39 Å². The van der Waals surface area contributed by atoms with E-state index in [1.54, 1.807) is 18.5 Å². The third-order valence-electron chi connectivity index (χ3n) is 2.14. The number of rotatable bonds is 3. The molecule has 0 atom stereocenters. The highest BCUT2D eigenvalue weighted by atomic mass is 19.1. The Morgan fingerprint density at radius 2 is 2.00 bits per heavy atom. The van der Waals surface area contributed by atoms with Crippen LogP contribution in [0.4, 0.5) is 4.39 Å². The monoisotopic (exact) mass is 206 g/mol. The summed E-state index contributed by atoms with van der Waals surface area (Å²) in [5.74, 6) is 0.487. The standard InChI is InChI=1S/C10H11FN4/c11-9-3-1-8(2-4-9)6-15-7-13-14-10(15)5-12/h1-4,7H,5-6,12H2. The minimum Gasteiger partial charge on any atom is -0.324 e. The molecule has 5 heteroatoms. The Bertz CT molecular complexity index is 435. The molecule has 0 radical (unpaired) electrons. The van der Waals surface area contributed by atoms with Crippen molar-refractivity contribution < 1.29 is 4.39 Å². The maximum atomic E-state index is 12.7. The molecule has 0 aliphatic heterocycles. The fourth-order valence-corrected chi connectivity index (χ4v) is 1.36. The third-order valence-corrected chi connectivity index (χ3v) is 2.14. The normalized spacial score (nSPS) is 10.5. The Morgan fingerprint density at radius 1 is 1.27 bits per heavy atom. The zero-order valence-corrected chi connectivity index (χ0v) is 8.10. The Hall–Kier alpha value is -1.75. The van der Waals surface area contributed by atoms with E-state index in [9.17, 15) is 4.39 Å². The molecule has 0 aliphatic rings. The number of nitrogens with zero attached hydrogens (tertiary/aromatic N) is 3. The first-order valence-corrected chi connectivity index (χ1v) is 4.61. The van der Waals surface area contributed by atoms with Crippen molar-refractivity contribution in [2.45, 2.75) is 13.1 Å². The van der Waals surface area contributed by atoms with Crippen molar-refractivity contribution in [1.82, 2.24) is 14.8 Å². The molecule has 1 heterocycles. The maximum Gasteiger partial charge on any atom is 0.146 e. The van der Waals surface area contributed by atoms with Gasteiger partial charge in [0, 0.05) is 0 Å². The summed E-state index contributed by atoms with van der Waals surface area (Å²) in [6.07, 6.45) is 1.62. The van der Waals surface area contributed by atoms with Gasteiger partial charge in [0.05, 0.1) is 13.1 Å². The van der Waals surface area contributed by atoms with E-state index >= 15 is 0 Å². The van der Waals surface area contributed by atoms with Gasteiger partial charge in [0.15, 0.2) is 0 Å². The number of nitrogens with two attached hydrogens (primary N) is 1. The van der Waals surface area contributed by atoms with Crippen molar-refractivity contribution in [3.05, 3.63) is 47.8 Å². The molecular weight excluding hydrogens is 195 g/mol. The van der Waals surface area contributed by atoms with Gasteiger partial charge in [0.2, 0.25) is 0 Å². The van der Waals surface area contributed by atoms with Crippen molar-refractivity contribution in [2.75, 3.05) is 0 Å². The molecule has 0 unspecified atom stereocenters. The third kappa shape index (κ3) is 2.19. The summed E-state index contributed by atoms with van der Waals surface area (Å²) in [6.45, 7) is 0.959. The van der Waals surface area contributed by atoms with E-state index in [2.05, 4.69) is 10.2 Å². The minimum absolute atomic E-state index is 0.235. The molecule has 0 aliphatic carbocycles. The zero-order chi connectivity index (χ0) is 10.7. The van der Waals surface area contributed by atoms with Gasteiger partial charge < -0.3 is 10.3 Å². The molecule has 15 heavy (non-hydrogen) atoms. The van der Waals surface area contributed by atoms with Crippen molar-refractivity contribution in [3.63, 3.8) is 0 Å². The molecule has 0 saturated heterocycles. The maximum absolute atomic E-state index is 12.7. The SMILES string of the molecule is NCc1nncn1Cc1ccc(F)cc1. The van der Waals surface area contributed by atoms with E-state index in [1.807, 2.05) is 4.57 Å². The highest BCUT2D eigenvalue weighted by Gasteiger charge is 2.02. The number of hydrogen-bond acceptors (Lipinski definition) is 3. The van der Waals surface area contributed by atoms with Crippen molar-refractivity contribution in [3.8, 4) is 0 Å². The van der Waals surface area contributed by atoms with Gasteiger partial charge in [0.1, 0.15) is 18.0 Å². The van der Waals surface area contributed by atoms with Crippen LogP contribution in [-0.2, 0) is 13.1 Å². The van der Waals surface area contributed by atoms with Crippen LogP contribution < -0.4 is 5.73 Å². The summed E-state index contributed by atoms with van der Waals surface area (Å²) >= 11 is 0. The van der Waals surface area contributed by atoms with Gasteiger partial charge in [-0.3, -0.25) is 0 Å². The summed E-state index contributed by atoms with van der Waals surface area (Å²) in [7, 11) is 0. The van der Waals surface area contributed by atoms with Crippen LogP contribution in [0, 0.1) is 5.82 Å².